The van der Waals surface area contributed by atoms with Crippen molar-refractivity contribution in [3.05, 3.63) is 29.1 Å². The Bertz CT molecular complexity index is 572. The summed E-state index contributed by atoms with van der Waals surface area (Å²) in [6, 6.07) is 0.189. The molecule has 1 amide bonds. The number of carbonyl (C=O) groups is 1. The minimum Gasteiger partial charge on any atom is -0.503 e. The van der Waals surface area contributed by atoms with E-state index in [1.807, 2.05) is 6.92 Å². The van der Waals surface area contributed by atoms with Crippen LogP contribution < -0.4 is 5.73 Å². The third kappa shape index (κ3) is 3.30. The SMILES string of the molecule is CC1CCN(C(=O)c2cc(F)c(F)c(O)c2F)C(CN)C1.Cl. The number of hydrogen-bond acceptors (Lipinski definition) is 3. The maximum Gasteiger partial charge on any atom is 0.257 e. The summed E-state index contributed by atoms with van der Waals surface area (Å²) in [4.78, 5) is 13.7. The van der Waals surface area contributed by atoms with Gasteiger partial charge in [-0.1, -0.05) is 6.92 Å². The lowest BCUT2D eigenvalue weighted by molar-refractivity contribution is 0.0567. The third-order valence-corrected chi connectivity index (χ3v) is 3.87. The predicted molar refractivity (Wildman–Crippen MR) is 77.5 cm³/mol. The Labute approximate surface area is 132 Å². The topological polar surface area (TPSA) is 66.6 Å². The Morgan fingerprint density at radius 3 is 2.64 bits per heavy atom. The van der Waals surface area contributed by atoms with Gasteiger partial charge in [0.25, 0.3) is 5.91 Å². The predicted octanol–water partition coefficient (Wildman–Crippen LogP) is 2.43. The second-order valence-corrected chi connectivity index (χ2v) is 5.40. The molecule has 0 aromatic heterocycles. The molecule has 3 N–H and O–H groups in total. The number of aromatic hydroxyl groups is 1. The number of nitrogens with zero attached hydrogens (tertiary/aromatic N) is 1. The maximum atomic E-state index is 13.8. The van der Waals surface area contributed by atoms with Crippen LogP contribution in [0.5, 0.6) is 5.75 Å². The summed E-state index contributed by atoms with van der Waals surface area (Å²) in [6.07, 6.45) is 1.39. The second kappa shape index (κ2) is 7.19. The van der Waals surface area contributed by atoms with E-state index in [0.29, 0.717) is 24.9 Å². The van der Waals surface area contributed by atoms with Gasteiger partial charge in [-0.05, 0) is 24.8 Å². The summed E-state index contributed by atoms with van der Waals surface area (Å²) >= 11 is 0. The zero-order valence-electron chi connectivity index (χ0n) is 12.0. The number of nitrogens with two attached hydrogens (primary N) is 1. The van der Waals surface area contributed by atoms with E-state index in [0.717, 1.165) is 6.42 Å². The molecule has 22 heavy (non-hydrogen) atoms. The van der Waals surface area contributed by atoms with E-state index in [4.69, 9.17) is 5.73 Å². The van der Waals surface area contributed by atoms with Gasteiger partial charge in [-0.25, -0.2) is 8.78 Å². The fourth-order valence-corrected chi connectivity index (χ4v) is 2.64. The zero-order valence-corrected chi connectivity index (χ0v) is 12.8. The molecular weight excluding hydrogens is 321 g/mol. The number of amides is 1. The van der Waals surface area contributed by atoms with Crippen molar-refractivity contribution in [1.82, 2.24) is 4.90 Å². The summed E-state index contributed by atoms with van der Waals surface area (Å²) < 4.78 is 40.2. The molecule has 1 fully saturated rings. The second-order valence-electron chi connectivity index (χ2n) is 5.40. The highest BCUT2D eigenvalue weighted by atomic mass is 35.5. The van der Waals surface area contributed by atoms with Crippen molar-refractivity contribution in [3.8, 4) is 5.75 Å². The highest BCUT2D eigenvalue weighted by Gasteiger charge is 2.32. The van der Waals surface area contributed by atoms with E-state index >= 15 is 0 Å². The number of carbonyl (C=O) groups excluding carboxylic acids is 1. The first-order chi connectivity index (χ1) is 9.86. The molecule has 1 aliphatic rings. The molecule has 124 valence electrons. The molecule has 8 heteroatoms. The number of piperidine rings is 1. The molecular formula is C14H18ClF3N2O2. The largest absolute Gasteiger partial charge is 0.503 e. The molecule has 0 radical (unpaired) electrons. The van der Waals surface area contributed by atoms with Crippen molar-refractivity contribution in [3.63, 3.8) is 0 Å². The number of phenolic OH excluding ortho intramolecular Hbond substituents is 1. The van der Waals surface area contributed by atoms with Gasteiger partial charge in [-0.15, -0.1) is 12.4 Å². The maximum absolute atomic E-state index is 13.8. The van der Waals surface area contributed by atoms with Gasteiger partial charge in [0.1, 0.15) is 0 Å². The standard InChI is InChI=1S/C14H17F3N2O2.ClH/c1-7-2-3-19(8(4-7)6-18)14(21)9-5-10(15)12(17)13(20)11(9)16;/h5,7-8,20H,2-4,6,18H2,1H3;1H. The van der Waals surface area contributed by atoms with Gasteiger partial charge in [0.2, 0.25) is 5.82 Å². The Hall–Kier alpha value is -1.47. The number of halogens is 4. The monoisotopic (exact) mass is 338 g/mol. The quantitative estimate of drug-likeness (QED) is 0.814. The molecule has 2 rings (SSSR count). The average Bonchev–Trinajstić information content (AvgIpc) is 2.48. The van der Waals surface area contributed by atoms with Crippen LogP contribution in [0.4, 0.5) is 13.2 Å². The van der Waals surface area contributed by atoms with Crippen molar-refractivity contribution in [2.45, 2.75) is 25.8 Å². The van der Waals surface area contributed by atoms with Crippen LogP contribution in [0, 0.1) is 23.4 Å². The molecule has 0 aliphatic carbocycles. The normalized spacial score (nSPS) is 21.4. The van der Waals surface area contributed by atoms with Crippen LogP contribution in [0.15, 0.2) is 6.07 Å². The molecule has 2 unspecified atom stereocenters. The molecule has 1 aromatic rings. The van der Waals surface area contributed by atoms with Crippen LogP contribution in [0.2, 0.25) is 0 Å². The number of benzene rings is 1. The van der Waals surface area contributed by atoms with Crippen LogP contribution in [-0.4, -0.2) is 35.0 Å². The molecule has 0 saturated carbocycles. The van der Waals surface area contributed by atoms with Crippen molar-refractivity contribution in [2.75, 3.05) is 13.1 Å². The first-order valence-electron chi connectivity index (χ1n) is 6.74. The molecule has 1 aliphatic heterocycles. The molecule has 2 atom stereocenters. The first kappa shape index (κ1) is 18.6. The third-order valence-electron chi connectivity index (χ3n) is 3.87. The lowest BCUT2D eigenvalue weighted by Crippen LogP contribution is -2.49. The lowest BCUT2D eigenvalue weighted by Gasteiger charge is -2.38. The fourth-order valence-electron chi connectivity index (χ4n) is 2.64. The van der Waals surface area contributed by atoms with Gasteiger partial charge in [0.05, 0.1) is 5.56 Å². The van der Waals surface area contributed by atoms with E-state index in [1.54, 1.807) is 0 Å². The molecule has 0 bridgehead atoms. The number of likely N-dealkylation sites (tertiary alicyclic amines) is 1. The van der Waals surface area contributed by atoms with E-state index in [1.165, 1.54) is 4.90 Å². The van der Waals surface area contributed by atoms with Crippen LogP contribution >= 0.6 is 12.4 Å². The molecule has 1 heterocycles. The van der Waals surface area contributed by atoms with Crippen LogP contribution in [0.1, 0.15) is 30.1 Å². The first-order valence-corrected chi connectivity index (χ1v) is 6.74. The highest BCUT2D eigenvalue weighted by molar-refractivity contribution is 5.95. The Morgan fingerprint density at radius 1 is 1.41 bits per heavy atom. The van der Waals surface area contributed by atoms with Crippen molar-refractivity contribution in [2.24, 2.45) is 11.7 Å². The molecule has 4 nitrogen and oxygen atoms in total. The number of hydrogen-bond donors (Lipinski definition) is 2. The highest BCUT2D eigenvalue weighted by Crippen LogP contribution is 2.29. The summed E-state index contributed by atoms with van der Waals surface area (Å²) in [5.74, 6) is -6.50. The van der Waals surface area contributed by atoms with Crippen molar-refractivity contribution < 1.29 is 23.1 Å². The molecule has 0 spiro atoms. The van der Waals surface area contributed by atoms with Crippen molar-refractivity contribution >= 4 is 18.3 Å². The minimum atomic E-state index is -1.70. The minimum absolute atomic E-state index is 0. The van der Waals surface area contributed by atoms with Crippen LogP contribution in [0.25, 0.3) is 0 Å². The van der Waals surface area contributed by atoms with Gasteiger partial charge in [-0.3, -0.25) is 4.79 Å². The molecule has 1 aromatic carbocycles. The van der Waals surface area contributed by atoms with Crippen LogP contribution in [-0.2, 0) is 0 Å². The van der Waals surface area contributed by atoms with E-state index in [9.17, 15) is 23.1 Å². The average molecular weight is 339 g/mol. The summed E-state index contributed by atoms with van der Waals surface area (Å²) in [5.41, 5.74) is 4.94. The van der Waals surface area contributed by atoms with Gasteiger partial charge in [-0.2, -0.15) is 4.39 Å². The Kier molecular flexibility index (Phi) is 6.08. The summed E-state index contributed by atoms with van der Waals surface area (Å²) in [5, 5.41) is 9.19. The zero-order chi connectivity index (χ0) is 15.7. The van der Waals surface area contributed by atoms with E-state index < -0.39 is 34.7 Å². The Balaban J connectivity index is 0.00000242. The Morgan fingerprint density at radius 2 is 2.05 bits per heavy atom. The van der Waals surface area contributed by atoms with Gasteiger partial charge in [0.15, 0.2) is 17.4 Å². The van der Waals surface area contributed by atoms with Crippen LogP contribution in [0.3, 0.4) is 0 Å². The van der Waals surface area contributed by atoms with E-state index in [2.05, 4.69) is 0 Å². The van der Waals surface area contributed by atoms with Crippen molar-refractivity contribution in [1.29, 1.82) is 0 Å². The smallest absolute Gasteiger partial charge is 0.257 e. The number of phenols is 1. The van der Waals surface area contributed by atoms with Gasteiger partial charge >= 0.3 is 0 Å². The fraction of sp³-hybridized carbons (Fsp3) is 0.500. The summed E-state index contributed by atoms with van der Waals surface area (Å²) in [6.45, 7) is 2.59. The summed E-state index contributed by atoms with van der Waals surface area (Å²) in [7, 11) is 0. The number of rotatable bonds is 2. The van der Waals surface area contributed by atoms with Gasteiger partial charge in [0, 0.05) is 19.1 Å². The lowest BCUT2D eigenvalue weighted by atomic mass is 9.92. The van der Waals surface area contributed by atoms with Gasteiger partial charge < -0.3 is 15.7 Å². The molecule has 1 saturated heterocycles. The van der Waals surface area contributed by atoms with E-state index in [-0.39, 0.29) is 25.0 Å².